The van der Waals surface area contributed by atoms with Crippen molar-refractivity contribution in [3.63, 3.8) is 0 Å². The number of aliphatic imine (C=N–C) groups is 1. The number of aromatic nitrogens is 6. The van der Waals surface area contributed by atoms with Crippen molar-refractivity contribution < 1.29 is 37.4 Å². The Bertz CT molecular complexity index is 3420. The molecule has 1 N–H and O–H groups in total. The number of para-hydroxylation sites is 1. The van der Waals surface area contributed by atoms with Crippen molar-refractivity contribution in [1.29, 1.82) is 0 Å². The van der Waals surface area contributed by atoms with Crippen LogP contribution in [0.1, 0.15) is 130 Å². The molecule has 1 aliphatic carbocycles. The fourth-order valence-electron chi connectivity index (χ4n) is 10.6. The van der Waals surface area contributed by atoms with Gasteiger partial charge in [-0.1, -0.05) is 71.8 Å². The molecular weight excluding hydrogens is 976 g/mol. The Morgan fingerprint density at radius 3 is 2.51 bits per heavy atom. The number of aryl methyl sites for hydroxylation is 2. The molecule has 16 nitrogen and oxygen atoms in total. The summed E-state index contributed by atoms with van der Waals surface area (Å²) >= 11 is 7.70. The minimum Gasteiger partial charge on any atom is -0.488 e. The summed E-state index contributed by atoms with van der Waals surface area (Å²) in [5, 5.41) is 29.5. The predicted molar refractivity (Wildman–Crippen MR) is 272 cm³/mol. The number of aliphatic carboxylic acids is 1. The Morgan fingerprint density at radius 1 is 0.944 bits per heavy atom. The van der Waals surface area contributed by atoms with Crippen LogP contribution in [0.4, 0.5) is 0 Å². The average molecular weight is 1030 g/mol. The zero-order valence-electron chi connectivity index (χ0n) is 40.4. The number of rotatable bonds is 12. The van der Waals surface area contributed by atoms with Crippen molar-refractivity contribution in [2.75, 3.05) is 13.7 Å². The van der Waals surface area contributed by atoms with Gasteiger partial charge in [0.05, 0.1) is 48.6 Å². The van der Waals surface area contributed by atoms with Crippen molar-refractivity contribution in [3.8, 4) is 10.8 Å². The van der Waals surface area contributed by atoms with Gasteiger partial charge < -0.3 is 14.6 Å². The first-order chi connectivity index (χ1) is 34.6. The lowest BCUT2D eigenvalue weighted by molar-refractivity contribution is -0.141. The minimum absolute atomic E-state index is 0.0294. The third kappa shape index (κ3) is 9.25. The van der Waals surface area contributed by atoms with Crippen LogP contribution in [0.3, 0.4) is 0 Å². The molecule has 0 spiro atoms. The molecule has 3 aromatic heterocycles. The number of methoxy groups -OCH3 is 1. The highest BCUT2D eigenvalue weighted by Crippen LogP contribution is 2.43. The van der Waals surface area contributed by atoms with E-state index in [1.807, 2.05) is 79.4 Å². The standard InChI is InChI=1S/C53H53ClN8O8S2/c1-29-13-14-35(22-37(29)27-60-26-31(3)70-43-11-6-7-12-44(43)72(60,67)68)40(24-45(63)64)36-21-30(2)49-41(23-36)57-59-62(49)39-10-8-9-34(17-20-39)50(66)51-32(4)47-48(33-15-18-38(54)19-16-33)56-42(25-46(65)69-5)52-58-55-28-61(52)53(47)71-51/h6-7,11-16,18-19,21-23,28,31,34,39-40,42H,8-10,17,20,24-27H2,1-5H3,(H,63,64)/t31?,34?,39?,40?,42-/m0/s1. The number of hydrogen-bond donors (Lipinski definition) is 1. The number of sulfonamides is 1. The number of hydrogen-bond acceptors (Lipinski definition) is 13. The number of carbonyl (C=O) groups excluding carboxylic acids is 2. The van der Waals surface area contributed by atoms with E-state index in [2.05, 4.69) is 15.3 Å². The first kappa shape index (κ1) is 49.0. The Morgan fingerprint density at radius 2 is 1.74 bits per heavy atom. The number of fused-ring (bicyclic) bond motifs is 5. The van der Waals surface area contributed by atoms with Crippen molar-refractivity contribution in [1.82, 2.24) is 34.1 Å². The Balaban J connectivity index is 0.908. The third-order valence-corrected chi connectivity index (χ3v) is 17.7. The molecule has 0 saturated heterocycles. The maximum Gasteiger partial charge on any atom is 0.308 e. The molecule has 1 saturated carbocycles. The lowest BCUT2D eigenvalue weighted by Gasteiger charge is -2.24. The van der Waals surface area contributed by atoms with Crippen molar-refractivity contribution in [2.45, 2.75) is 108 Å². The minimum atomic E-state index is -3.90. The highest BCUT2D eigenvalue weighted by Gasteiger charge is 2.37. The Hall–Kier alpha value is -6.60. The number of carboxylic acids is 1. The molecule has 5 atom stereocenters. The third-order valence-electron chi connectivity index (χ3n) is 14.3. The van der Waals surface area contributed by atoms with E-state index in [4.69, 9.17) is 31.3 Å². The van der Waals surface area contributed by atoms with E-state index in [0.29, 0.717) is 52.0 Å². The molecule has 0 bridgehead atoms. The molecule has 5 heterocycles. The number of thiophene rings is 1. The van der Waals surface area contributed by atoms with Crippen LogP contribution in [0.2, 0.25) is 5.02 Å². The SMILES string of the molecule is COC(=O)C[C@@H]1N=C(c2ccc(Cl)cc2)c2c(sc(C(=O)C3CCCC(n4nnc5cc(C(CC(=O)O)c6ccc(C)c(CN7CC(C)Oc8ccccc8S7(=O)=O)c6)cc(C)c54)CC3)c2C)-n2cnnc21. The average Bonchev–Trinajstić information content (AvgIpc) is 4.01. The largest absolute Gasteiger partial charge is 0.488 e. The quantitative estimate of drug-likeness (QED) is 0.0691. The highest BCUT2D eigenvalue weighted by molar-refractivity contribution is 7.89. The summed E-state index contributed by atoms with van der Waals surface area (Å²) in [6, 6.07) is 23.0. The van der Waals surface area contributed by atoms with E-state index in [1.54, 1.807) is 42.7 Å². The van der Waals surface area contributed by atoms with E-state index in [9.17, 15) is 27.9 Å². The molecule has 0 radical (unpaired) electrons. The van der Waals surface area contributed by atoms with Gasteiger partial charge in [-0.15, -0.1) is 26.6 Å². The molecule has 3 aliphatic rings. The maximum absolute atomic E-state index is 14.8. The number of carboxylic acid groups (broad SMARTS) is 1. The van der Waals surface area contributed by atoms with Crippen molar-refractivity contribution in [3.05, 3.63) is 145 Å². The van der Waals surface area contributed by atoms with Crippen molar-refractivity contribution >= 4 is 67.4 Å². The zero-order valence-corrected chi connectivity index (χ0v) is 42.8. The van der Waals surface area contributed by atoms with Crippen LogP contribution in [-0.4, -0.2) is 90.8 Å². The number of ether oxygens (including phenoxy) is 2. The van der Waals surface area contributed by atoms with Crippen LogP contribution >= 0.6 is 22.9 Å². The topological polar surface area (TPSA) is 201 Å². The smallest absolute Gasteiger partial charge is 0.308 e. The van der Waals surface area contributed by atoms with Gasteiger partial charge in [0.1, 0.15) is 39.6 Å². The summed E-state index contributed by atoms with van der Waals surface area (Å²) in [5.74, 6) is -1.35. The molecule has 1 fully saturated rings. The number of carbonyl (C=O) groups is 3. The monoisotopic (exact) mass is 1030 g/mol. The Labute approximate surface area is 425 Å². The predicted octanol–water partition coefficient (Wildman–Crippen LogP) is 9.69. The summed E-state index contributed by atoms with van der Waals surface area (Å²) in [7, 11) is -2.56. The summed E-state index contributed by atoms with van der Waals surface area (Å²) in [4.78, 5) is 45.8. The molecule has 0 amide bonds. The van der Waals surface area contributed by atoms with Gasteiger partial charge in [-0.05, 0) is 117 Å². The van der Waals surface area contributed by atoms with Crippen LogP contribution in [0.5, 0.6) is 5.75 Å². The zero-order chi connectivity index (χ0) is 50.6. The van der Waals surface area contributed by atoms with Gasteiger partial charge in [0.2, 0.25) is 10.0 Å². The highest BCUT2D eigenvalue weighted by atomic mass is 35.5. The molecule has 372 valence electrons. The summed E-state index contributed by atoms with van der Waals surface area (Å²) < 4.78 is 44.2. The number of Topliss-reactive ketones (excluding diaryl/α,β-unsaturated/α-hetero) is 1. The first-order valence-electron chi connectivity index (χ1n) is 24.0. The van der Waals surface area contributed by atoms with Crippen LogP contribution in [0.25, 0.3) is 16.0 Å². The molecule has 4 aromatic carbocycles. The fraction of sp³-hybridized carbons (Fsp3) is 0.358. The second-order valence-corrected chi connectivity index (χ2v) is 22.4. The summed E-state index contributed by atoms with van der Waals surface area (Å²) in [6.07, 6.45) is 4.58. The number of benzene rings is 4. The van der Waals surface area contributed by atoms with Crippen LogP contribution in [-0.2, 0) is 30.9 Å². The van der Waals surface area contributed by atoms with Gasteiger partial charge in [-0.25, -0.2) is 13.1 Å². The Kier molecular flexibility index (Phi) is 13.5. The number of esters is 1. The molecule has 72 heavy (non-hydrogen) atoms. The molecular formula is C53H53ClN8O8S2. The van der Waals surface area contributed by atoms with Gasteiger partial charge in [0.15, 0.2) is 11.6 Å². The lowest BCUT2D eigenvalue weighted by atomic mass is 9.86. The maximum atomic E-state index is 14.8. The van der Waals surface area contributed by atoms with Gasteiger partial charge in [-0.2, -0.15) is 4.31 Å². The van der Waals surface area contributed by atoms with Gasteiger partial charge in [-0.3, -0.25) is 23.9 Å². The summed E-state index contributed by atoms with van der Waals surface area (Å²) in [6.45, 7) is 7.94. The normalized spacial score (nSPS) is 20.2. The van der Waals surface area contributed by atoms with Gasteiger partial charge in [0, 0.05) is 34.5 Å². The van der Waals surface area contributed by atoms with Crippen LogP contribution < -0.4 is 4.74 Å². The molecule has 4 unspecified atom stereocenters. The second-order valence-electron chi connectivity index (χ2n) is 19.0. The van der Waals surface area contributed by atoms with Crippen molar-refractivity contribution in [2.24, 2.45) is 10.9 Å². The number of halogens is 1. The van der Waals surface area contributed by atoms with E-state index < -0.39 is 40.0 Å². The lowest BCUT2D eigenvalue weighted by Crippen LogP contribution is -2.35. The number of nitrogens with zero attached hydrogens (tertiary/aromatic N) is 8. The van der Waals surface area contributed by atoms with E-state index in [1.165, 1.54) is 22.8 Å². The summed E-state index contributed by atoms with van der Waals surface area (Å²) in [5.41, 5.74) is 8.54. The molecule has 2 aliphatic heterocycles. The van der Waals surface area contributed by atoms with Gasteiger partial charge >= 0.3 is 11.9 Å². The van der Waals surface area contributed by atoms with E-state index in [-0.39, 0.29) is 48.6 Å². The fourth-order valence-corrected chi connectivity index (χ4v) is 13.6. The van der Waals surface area contributed by atoms with Crippen LogP contribution in [0, 0.1) is 26.7 Å². The van der Waals surface area contributed by atoms with E-state index >= 15 is 0 Å². The number of ketones is 1. The van der Waals surface area contributed by atoms with Gasteiger partial charge in [0.25, 0.3) is 0 Å². The first-order valence-corrected chi connectivity index (χ1v) is 26.6. The van der Waals surface area contributed by atoms with E-state index in [0.717, 1.165) is 67.9 Å². The molecule has 19 heteroatoms. The second kappa shape index (κ2) is 19.8. The van der Waals surface area contributed by atoms with Crippen LogP contribution in [0.15, 0.2) is 95.1 Å². The molecule has 7 aromatic rings. The molecule has 10 rings (SSSR count).